The van der Waals surface area contributed by atoms with E-state index in [4.69, 9.17) is 10.8 Å². The van der Waals surface area contributed by atoms with Crippen molar-refractivity contribution < 1.29 is 9.90 Å². The van der Waals surface area contributed by atoms with Crippen LogP contribution in [-0.4, -0.2) is 42.2 Å². The van der Waals surface area contributed by atoms with Crippen LogP contribution in [-0.2, 0) is 11.2 Å². The molecule has 1 saturated heterocycles. The third-order valence-corrected chi connectivity index (χ3v) is 3.97. The van der Waals surface area contributed by atoms with Crippen LogP contribution >= 0.6 is 0 Å². The number of rotatable bonds is 4. The molecule has 4 heteroatoms. The SMILES string of the molecule is CN1CCC(c2ccccc2CC(N)C(=O)O)CC1. The van der Waals surface area contributed by atoms with E-state index in [1.54, 1.807) is 0 Å². The Morgan fingerprint density at radius 3 is 2.68 bits per heavy atom. The molecule has 1 fully saturated rings. The molecule has 0 bridgehead atoms. The first kappa shape index (κ1) is 14.0. The molecule has 19 heavy (non-hydrogen) atoms. The lowest BCUT2D eigenvalue weighted by molar-refractivity contribution is -0.138. The van der Waals surface area contributed by atoms with E-state index in [1.807, 2.05) is 18.2 Å². The average molecular weight is 262 g/mol. The molecule has 1 aliphatic rings. The van der Waals surface area contributed by atoms with Crippen molar-refractivity contribution in [2.45, 2.75) is 31.2 Å². The summed E-state index contributed by atoms with van der Waals surface area (Å²) in [5.41, 5.74) is 8.04. The lowest BCUT2D eigenvalue weighted by atomic mass is 9.85. The van der Waals surface area contributed by atoms with Crippen LogP contribution in [0, 0.1) is 0 Å². The van der Waals surface area contributed by atoms with Gasteiger partial charge in [-0.2, -0.15) is 0 Å². The molecule has 0 saturated carbocycles. The first-order valence-electron chi connectivity index (χ1n) is 6.82. The lowest BCUT2D eigenvalue weighted by Crippen LogP contribution is -2.33. The zero-order chi connectivity index (χ0) is 13.8. The number of likely N-dealkylation sites (tertiary alicyclic amines) is 1. The standard InChI is InChI=1S/C15H22N2O2/c1-17-8-6-11(7-9-17)13-5-3-2-4-12(13)10-14(16)15(18)19/h2-5,11,14H,6-10,16H2,1H3,(H,18,19). The summed E-state index contributed by atoms with van der Waals surface area (Å²) >= 11 is 0. The molecule has 1 heterocycles. The van der Waals surface area contributed by atoms with Crippen LogP contribution in [0.25, 0.3) is 0 Å². The molecule has 4 nitrogen and oxygen atoms in total. The van der Waals surface area contributed by atoms with Gasteiger partial charge in [-0.05, 0) is 56.4 Å². The van der Waals surface area contributed by atoms with E-state index < -0.39 is 12.0 Å². The third kappa shape index (κ3) is 3.55. The van der Waals surface area contributed by atoms with Crippen LogP contribution < -0.4 is 5.73 Å². The largest absolute Gasteiger partial charge is 0.480 e. The number of nitrogens with zero attached hydrogens (tertiary/aromatic N) is 1. The monoisotopic (exact) mass is 262 g/mol. The maximum atomic E-state index is 10.9. The summed E-state index contributed by atoms with van der Waals surface area (Å²) in [5, 5.41) is 8.95. The van der Waals surface area contributed by atoms with Gasteiger partial charge in [0, 0.05) is 0 Å². The summed E-state index contributed by atoms with van der Waals surface area (Å²) in [6, 6.07) is 7.31. The molecule has 0 aliphatic carbocycles. The Labute approximate surface area is 114 Å². The summed E-state index contributed by atoms with van der Waals surface area (Å²) in [5.74, 6) is -0.397. The number of nitrogens with two attached hydrogens (primary N) is 1. The molecule has 3 N–H and O–H groups in total. The van der Waals surface area contributed by atoms with Gasteiger partial charge < -0.3 is 15.7 Å². The second kappa shape index (κ2) is 6.17. The van der Waals surface area contributed by atoms with Crippen LogP contribution in [0.1, 0.15) is 29.9 Å². The van der Waals surface area contributed by atoms with Crippen LogP contribution in [0.2, 0.25) is 0 Å². The highest BCUT2D eigenvalue weighted by Gasteiger charge is 2.22. The number of carboxylic acid groups (broad SMARTS) is 1. The van der Waals surface area contributed by atoms with Crippen molar-refractivity contribution in [2.75, 3.05) is 20.1 Å². The smallest absolute Gasteiger partial charge is 0.320 e. The number of benzene rings is 1. The van der Waals surface area contributed by atoms with Gasteiger partial charge in [0.25, 0.3) is 0 Å². The summed E-state index contributed by atoms with van der Waals surface area (Å²) in [7, 11) is 2.14. The highest BCUT2D eigenvalue weighted by atomic mass is 16.4. The quantitative estimate of drug-likeness (QED) is 0.862. The van der Waals surface area contributed by atoms with Crippen LogP contribution in [0.5, 0.6) is 0 Å². The minimum atomic E-state index is -0.932. The van der Waals surface area contributed by atoms with E-state index >= 15 is 0 Å². The molecule has 1 unspecified atom stereocenters. The number of piperidine rings is 1. The Morgan fingerprint density at radius 1 is 1.42 bits per heavy atom. The zero-order valence-electron chi connectivity index (χ0n) is 11.4. The fourth-order valence-corrected chi connectivity index (χ4v) is 2.76. The summed E-state index contributed by atoms with van der Waals surface area (Å²) in [6.45, 7) is 2.20. The molecule has 0 spiro atoms. The van der Waals surface area contributed by atoms with Crippen molar-refractivity contribution in [3.63, 3.8) is 0 Å². The van der Waals surface area contributed by atoms with Gasteiger partial charge in [0.15, 0.2) is 0 Å². The van der Waals surface area contributed by atoms with Crippen LogP contribution in [0.3, 0.4) is 0 Å². The topological polar surface area (TPSA) is 66.6 Å². The van der Waals surface area contributed by atoms with E-state index in [0.29, 0.717) is 12.3 Å². The maximum absolute atomic E-state index is 10.9. The predicted molar refractivity (Wildman–Crippen MR) is 75.2 cm³/mol. The zero-order valence-corrected chi connectivity index (χ0v) is 11.4. The van der Waals surface area contributed by atoms with Crippen molar-refractivity contribution in [3.8, 4) is 0 Å². The Kier molecular flexibility index (Phi) is 4.56. The number of aliphatic carboxylic acids is 1. The first-order valence-corrected chi connectivity index (χ1v) is 6.82. The fraction of sp³-hybridized carbons (Fsp3) is 0.533. The normalized spacial score (nSPS) is 19.3. The fourth-order valence-electron chi connectivity index (χ4n) is 2.76. The van der Waals surface area contributed by atoms with Crippen LogP contribution in [0.15, 0.2) is 24.3 Å². The minimum absolute atomic E-state index is 0.415. The molecule has 1 aromatic carbocycles. The summed E-state index contributed by atoms with van der Waals surface area (Å²) in [6.07, 6.45) is 2.68. The molecular formula is C15H22N2O2. The van der Waals surface area contributed by atoms with Gasteiger partial charge in [-0.25, -0.2) is 0 Å². The molecule has 0 aromatic heterocycles. The molecule has 1 aliphatic heterocycles. The second-order valence-electron chi connectivity index (χ2n) is 5.43. The number of hydrogen-bond acceptors (Lipinski definition) is 3. The third-order valence-electron chi connectivity index (χ3n) is 3.97. The van der Waals surface area contributed by atoms with E-state index in [9.17, 15) is 4.79 Å². The molecule has 1 aromatic rings. The van der Waals surface area contributed by atoms with Gasteiger partial charge in [-0.1, -0.05) is 24.3 Å². The molecule has 104 valence electrons. The first-order chi connectivity index (χ1) is 9.08. The lowest BCUT2D eigenvalue weighted by Gasteiger charge is -2.30. The summed E-state index contributed by atoms with van der Waals surface area (Å²) < 4.78 is 0. The van der Waals surface area contributed by atoms with E-state index in [1.165, 1.54) is 5.56 Å². The Bertz CT molecular complexity index is 440. The molecule has 2 rings (SSSR count). The van der Waals surface area contributed by atoms with Gasteiger partial charge in [-0.3, -0.25) is 4.79 Å². The maximum Gasteiger partial charge on any atom is 0.320 e. The van der Waals surface area contributed by atoms with E-state index in [2.05, 4.69) is 18.0 Å². The van der Waals surface area contributed by atoms with Gasteiger partial charge in [0.1, 0.15) is 6.04 Å². The van der Waals surface area contributed by atoms with Gasteiger partial charge >= 0.3 is 5.97 Å². The second-order valence-corrected chi connectivity index (χ2v) is 5.43. The summed E-state index contributed by atoms with van der Waals surface area (Å²) in [4.78, 5) is 13.2. The van der Waals surface area contributed by atoms with Crippen molar-refractivity contribution in [1.82, 2.24) is 4.90 Å². The number of carboxylic acids is 1. The van der Waals surface area contributed by atoms with Crippen molar-refractivity contribution in [3.05, 3.63) is 35.4 Å². The Hall–Kier alpha value is -1.39. The molecule has 0 radical (unpaired) electrons. The molecular weight excluding hydrogens is 240 g/mol. The van der Waals surface area contributed by atoms with E-state index in [-0.39, 0.29) is 0 Å². The van der Waals surface area contributed by atoms with Crippen molar-refractivity contribution in [1.29, 1.82) is 0 Å². The number of hydrogen-bond donors (Lipinski definition) is 2. The van der Waals surface area contributed by atoms with Gasteiger partial charge in [0.05, 0.1) is 0 Å². The molecule has 0 amide bonds. The number of carbonyl (C=O) groups is 1. The predicted octanol–water partition coefficient (Wildman–Crippen LogP) is 1.45. The van der Waals surface area contributed by atoms with Crippen LogP contribution in [0.4, 0.5) is 0 Å². The Balaban J connectivity index is 2.14. The average Bonchev–Trinajstić information content (AvgIpc) is 2.40. The van der Waals surface area contributed by atoms with Crippen molar-refractivity contribution in [2.24, 2.45) is 5.73 Å². The highest BCUT2D eigenvalue weighted by Crippen LogP contribution is 2.30. The van der Waals surface area contributed by atoms with Crippen molar-refractivity contribution >= 4 is 5.97 Å². The van der Waals surface area contributed by atoms with Gasteiger partial charge in [-0.15, -0.1) is 0 Å². The van der Waals surface area contributed by atoms with E-state index in [0.717, 1.165) is 31.5 Å². The minimum Gasteiger partial charge on any atom is -0.480 e. The highest BCUT2D eigenvalue weighted by molar-refractivity contribution is 5.73. The Morgan fingerprint density at radius 2 is 2.05 bits per heavy atom. The molecule has 1 atom stereocenters. The van der Waals surface area contributed by atoms with Gasteiger partial charge in [0.2, 0.25) is 0 Å².